The second-order valence-corrected chi connectivity index (χ2v) is 6.02. The minimum atomic E-state index is -1.28. The second kappa shape index (κ2) is 9.44. The molecule has 0 aromatic rings. The Kier molecular flexibility index (Phi) is 10.4. The van der Waals surface area contributed by atoms with Crippen molar-refractivity contribution in [3.63, 3.8) is 0 Å². The second-order valence-electron chi connectivity index (χ2n) is 6.02. The van der Waals surface area contributed by atoms with Gasteiger partial charge in [-0.2, -0.15) is 0 Å². The molecular formula is C14H27LiO4. The molecule has 0 fully saturated rings. The summed E-state index contributed by atoms with van der Waals surface area (Å²) in [7, 11) is 0. The van der Waals surface area contributed by atoms with Crippen molar-refractivity contribution >= 4 is 11.9 Å². The third-order valence-electron chi connectivity index (χ3n) is 3.50. The van der Waals surface area contributed by atoms with Crippen molar-refractivity contribution in [3.05, 3.63) is 0 Å². The molecule has 0 amide bonds. The van der Waals surface area contributed by atoms with E-state index in [4.69, 9.17) is 10.2 Å². The monoisotopic (exact) mass is 266 g/mol. The smallest absolute Gasteiger partial charge is 1.00 e. The molecule has 0 spiro atoms. The van der Waals surface area contributed by atoms with E-state index >= 15 is 0 Å². The Morgan fingerprint density at radius 2 is 1.58 bits per heavy atom. The Bertz CT molecular complexity index is 275. The van der Waals surface area contributed by atoms with Crippen LogP contribution in [0.5, 0.6) is 0 Å². The van der Waals surface area contributed by atoms with E-state index in [2.05, 4.69) is 6.92 Å². The summed E-state index contributed by atoms with van der Waals surface area (Å²) in [5, 5.41) is 17.9. The molecule has 0 radical (unpaired) electrons. The fraction of sp³-hybridized carbons (Fsp3) is 0.857. The third-order valence-corrected chi connectivity index (χ3v) is 3.50. The van der Waals surface area contributed by atoms with Crippen molar-refractivity contribution in [2.45, 2.75) is 59.8 Å². The van der Waals surface area contributed by atoms with E-state index < -0.39 is 17.9 Å². The van der Waals surface area contributed by atoms with Crippen LogP contribution in [-0.2, 0) is 9.59 Å². The molecule has 0 aromatic heterocycles. The molecular weight excluding hydrogens is 239 g/mol. The van der Waals surface area contributed by atoms with Gasteiger partial charge in [0.15, 0.2) is 5.92 Å². The Labute approximate surface area is 129 Å². The van der Waals surface area contributed by atoms with Gasteiger partial charge in [0, 0.05) is 0 Å². The van der Waals surface area contributed by atoms with Gasteiger partial charge in [0.1, 0.15) is 0 Å². The minimum absolute atomic E-state index is 0. The van der Waals surface area contributed by atoms with Crippen LogP contribution >= 0.6 is 0 Å². The van der Waals surface area contributed by atoms with Gasteiger partial charge in [0.25, 0.3) is 0 Å². The summed E-state index contributed by atoms with van der Waals surface area (Å²) in [6.07, 6.45) is 4.37. The number of aliphatic carboxylic acids is 2. The van der Waals surface area contributed by atoms with Gasteiger partial charge in [-0.3, -0.25) is 9.59 Å². The first-order valence-electron chi connectivity index (χ1n) is 6.65. The molecule has 0 heterocycles. The number of hydrogen-bond acceptors (Lipinski definition) is 2. The summed E-state index contributed by atoms with van der Waals surface area (Å²) in [6, 6.07) is 0. The summed E-state index contributed by atoms with van der Waals surface area (Å²) in [6.45, 7) is 8.25. The molecule has 5 heteroatoms. The number of carboxylic acid groups (broad SMARTS) is 2. The summed E-state index contributed by atoms with van der Waals surface area (Å²) in [5.41, 5.74) is -0.0586. The van der Waals surface area contributed by atoms with Crippen molar-refractivity contribution < 1.29 is 40.1 Å². The van der Waals surface area contributed by atoms with Crippen LogP contribution in [0.25, 0.3) is 0 Å². The van der Waals surface area contributed by atoms with E-state index in [9.17, 15) is 9.59 Å². The number of hydrogen-bond donors (Lipinski definition) is 2. The van der Waals surface area contributed by atoms with Gasteiger partial charge in [-0.1, -0.05) is 47.0 Å². The molecule has 0 saturated carbocycles. The van der Waals surface area contributed by atoms with E-state index in [1.165, 1.54) is 0 Å². The minimum Gasteiger partial charge on any atom is -1.00 e. The fourth-order valence-electron chi connectivity index (χ4n) is 2.14. The Morgan fingerprint density at radius 1 is 1.11 bits per heavy atom. The van der Waals surface area contributed by atoms with Gasteiger partial charge in [-0.15, -0.1) is 0 Å². The maximum atomic E-state index is 11.0. The molecule has 0 aliphatic heterocycles. The summed E-state index contributed by atoms with van der Waals surface area (Å²) in [5.74, 6) is -3.61. The maximum Gasteiger partial charge on any atom is 1.00 e. The quantitative estimate of drug-likeness (QED) is 0.381. The van der Waals surface area contributed by atoms with Gasteiger partial charge in [-0.25, -0.2) is 0 Å². The van der Waals surface area contributed by atoms with Crippen molar-refractivity contribution in [1.82, 2.24) is 0 Å². The van der Waals surface area contributed by atoms with Crippen LogP contribution in [0.4, 0.5) is 0 Å². The first kappa shape index (κ1) is 20.8. The van der Waals surface area contributed by atoms with Crippen LogP contribution in [0.1, 0.15) is 61.2 Å². The fourth-order valence-corrected chi connectivity index (χ4v) is 2.14. The van der Waals surface area contributed by atoms with E-state index in [1.54, 1.807) is 0 Å². The van der Waals surface area contributed by atoms with Gasteiger partial charge >= 0.3 is 30.8 Å². The van der Waals surface area contributed by atoms with Crippen molar-refractivity contribution in [3.8, 4) is 0 Å². The molecule has 2 N–H and O–H groups in total. The van der Waals surface area contributed by atoms with E-state index in [0.717, 1.165) is 25.7 Å². The third kappa shape index (κ3) is 8.34. The number of carboxylic acids is 2. The Hall–Kier alpha value is -0.463. The largest absolute Gasteiger partial charge is 1.00 e. The van der Waals surface area contributed by atoms with Crippen LogP contribution in [0, 0.1) is 17.3 Å². The normalized spacial score (nSPS) is 12.9. The summed E-state index contributed by atoms with van der Waals surface area (Å²) >= 11 is 0. The predicted octanol–water partition coefficient (Wildman–Crippen LogP) is 0.521. The number of rotatable bonds is 8. The van der Waals surface area contributed by atoms with Gasteiger partial charge in [0.2, 0.25) is 0 Å². The molecule has 1 unspecified atom stereocenters. The zero-order chi connectivity index (χ0) is 14.3. The van der Waals surface area contributed by atoms with Crippen LogP contribution in [0.2, 0.25) is 0 Å². The average molecular weight is 266 g/mol. The maximum absolute atomic E-state index is 11.0. The zero-order valence-corrected chi connectivity index (χ0v) is 12.9. The summed E-state index contributed by atoms with van der Waals surface area (Å²) < 4.78 is 0. The van der Waals surface area contributed by atoms with Crippen LogP contribution < -0.4 is 18.9 Å². The van der Waals surface area contributed by atoms with Crippen molar-refractivity contribution in [2.24, 2.45) is 17.3 Å². The van der Waals surface area contributed by atoms with Crippen LogP contribution in [0.15, 0.2) is 0 Å². The molecule has 0 saturated heterocycles. The number of carbonyl (C=O) groups is 2. The first-order chi connectivity index (χ1) is 8.20. The Morgan fingerprint density at radius 3 is 1.89 bits per heavy atom. The molecule has 0 rings (SSSR count). The molecule has 108 valence electrons. The van der Waals surface area contributed by atoms with E-state index in [0.29, 0.717) is 0 Å². The molecule has 0 aromatic carbocycles. The number of unbranched alkanes of at least 4 members (excludes halogenated alkanes) is 2. The van der Waals surface area contributed by atoms with Gasteiger partial charge < -0.3 is 11.6 Å². The molecule has 0 aliphatic carbocycles. The summed E-state index contributed by atoms with van der Waals surface area (Å²) in [4.78, 5) is 21.9. The molecule has 1 atom stereocenters. The standard InChI is InChI=1S/C14H26O4.Li.H/c1-5-6-7-8-10(14(2,3)4)9-11(12(15)16)13(17)18;;/h10-11H,5-9H2,1-4H3,(H,15,16)(H,17,18);;/q;+1;-1. The van der Waals surface area contributed by atoms with Crippen molar-refractivity contribution in [1.29, 1.82) is 0 Å². The molecule has 0 bridgehead atoms. The first-order valence-corrected chi connectivity index (χ1v) is 6.65. The zero-order valence-electron chi connectivity index (χ0n) is 13.9. The van der Waals surface area contributed by atoms with E-state index in [-0.39, 0.29) is 38.0 Å². The molecule has 0 aliphatic rings. The van der Waals surface area contributed by atoms with Crippen LogP contribution in [-0.4, -0.2) is 22.2 Å². The molecule has 19 heavy (non-hydrogen) atoms. The average Bonchev–Trinajstić information content (AvgIpc) is 2.20. The van der Waals surface area contributed by atoms with Gasteiger partial charge in [-0.05, 0) is 24.2 Å². The van der Waals surface area contributed by atoms with E-state index in [1.807, 2.05) is 20.8 Å². The topological polar surface area (TPSA) is 74.6 Å². The van der Waals surface area contributed by atoms with Gasteiger partial charge in [0.05, 0.1) is 0 Å². The predicted molar refractivity (Wildman–Crippen MR) is 71.6 cm³/mol. The Balaban J connectivity index is -0.00000144. The molecule has 4 nitrogen and oxygen atoms in total. The van der Waals surface area contributed by atoms with Crippen molar-refractivity contribution in [2.75, 3.05) is 0 Å². The van der Waals surface area contributed by atoms with Crippen LogP contribution in [0.3, 0.4) is 0 Å². The SMILES string of the molecule is CCCCCC(CC(C(=O)O)C(=O)O)C(C)(C)C.[H-].[Li+].